The number of aromatic carboxylic acids is 1. The lowest BCUT2D eigenvalue weighted by Gasteiger charge is -2.03. The minimum atomic E-state index is -1.03. The monoisotopic (exact) mass is 337 g/mol. The maximum absolute atomic E-state index is 11.0. The Hall–Kier alpha value is -2.52. The van der Waals surface area contributed by atoms with Crippen LogP contribution in [-0.2, 0) is 0 Å². The minimum Gasteiger partial charge on any atom is -0.477 e. The van der Waals surface area contributed by atoms with Gasteiger partial charge >= 0.3 is 5.97 Å². The molecule has 0 atom stereocenters. The summed E-state index contributed by atoms with van der Waals surface area (Å²) in [4.78, 5) is 27.4. The van der Waals surface area contributed by atoms with Crippen molar-refractivity contribution in [2.45, 2.75) is 6.92 Å². The number of oxazole rings is 1. The van der Waals surface area contributed by atoms with Crippen molar-refractivity contribution in [1.29, 1.82) is 0 Å². The summed E-state index contributed by atoms with van der Waals surface area (Å²) in [6.07, 6.45) is 2.78. The molecule has 0 fully saturated rings. The number of thiazole rings is 1. The van der Waals surface area contributed by atoms with Crippen LogP contribution in [0.15, 0.2) is 23.1 Å². The van der Waals surface area contributed by atoms with Crippen LogP contribution >= 0.6 is 22.9 Å². The van der Waals surface area contributed by atoms with Gasteiger partial charge in [-0.1, -0.05) is 22.9 Å². The quantitative estimate of drug-likeness (QED) is 0.698. The molecule has 0 aliphatic carbocycles. The Balaban J connectivity index is 1.92. The molecule has 0 aliphatic heterocycles. The molecule has 0 saturated carbocycles. The summed E-state index contributed by atoms with van der Waals surface area (Å²) in [7, 11) is 0. The van der Waals surface area contributed by atoms with Crippen LogP contribution in [0.25, 0.3) is 11.5 Å². The standard InChI is InChI=1S/C12H8ClN5O3S/c1-5-9(10(19)20)22-12(15-5)18-11-16-6(2-8(13)17-11)7-3-14-4-21-7/h2-4H,1H3,(H,19,20)(H,15,16,17,18). The number of carboxylic acid groups (broad SMARTS) is 1. The molecule has 22 heavy (non-hydrogen) atoms. The van der Waals surface area contributed by atoms with Crippen LogP contribution in [-0.4, -0.2) is 31.0 Å². The maximum Gasteiger partial charge on any atom is 0.347 e. The van der Waals surface area contributed by atoms with E-state index in [2.05, 4.69) is 25.3 Å². The summed E-state index contributed by atoms with van der Waals surface area (Å²) in [5.41, 5.74) is 0.865. The number of aryl methyl sites for hydroxylation is 1. The number of hydrogen-bond donors (Lipinski definition) is 2. The fraction of sp³-hybridized carbons (Fsp3) is 0.0833. The molecule has 0 amide bonds. The largest absolute Gasteiger partial charge is 0.477 e. The first-order valence-corrected chi connectivity index (χ1v) is 7.13. The number of carbonyl (C=O) groups is 1. The highest BCUT2D eigenvalue weighted by atomic mass is 35.5. The first kappa shape index (κ1) is 14.4. The molecule has 0 aromatic carbocycles. The van der Waals surface area contributed by atoms with Crippen LogP contribution in [0.5, 0.6) is 0 Å². The lowest BCUT2D eigenvalue weighted by molar-refractivity contribution is 0.0701. The minimum absolute atomic E-state index is 0.153. The van der Waals surface area contributed by atoms with Crippen molar-refractivity contribution in [2.24, 2.45) is 0 Å². The molecule has 0 spiro atoms. The summed E-state index contributed by atoms with van der Waals surface area (Å²) in [6, 6.07) is 1.53. The Morgan fingerprint density at radius 2 is 2.23 bits per heavy atom. The molecule has 112 valence electrons. The van der Waals surface area contributed by atoms with E-state index in [0.29, 0.717) is 22.3 Å². The van der Waals surface area contributed by atoms with Gasteiger partial charge in [-0.2, -0.15) is 0 Å². The van der Waals surface area contributed by atoms with Crippen molar-refractivity contribution in [3.8, 4) is 11.5 Å². The van der Waals surface area contributed by atoms with Crippen molar-refractivity contribution in [2.75, 3.05) is 5.32 Å². The van der Waals surface area contributed by atoms with E-state index in [9.17, 15) is 4.79 Å². The smallest absolute Gasteiger partial charge is 0.347 e. The van der Waals surface area contributed by atoms with Crippen molar-refractivity contribution in [1.82, 2.24) is 19.9 Å². The van der Waals surface area contributed by atoms with Gasteiger partial charge in [0.25, 0.3) is 0 Å². The highest BCUT2D eigenvalue weighted by Gasteiger charge is 2.15. The van der Waals surface area contributed by atoms with Gasteiger partial charge in [0.15, 0.2) is 17.3 Å². The van der Waals surface area contributed by atoms with Gasteiger partial charge in [0.05, 0.1) is 11.9 Å². The summed E-state index contributed by atoms with van der Waals surface area (Å²) in [6.45, 7) is 1.61. The third-order valence-corrected chi connectivity index (χ3v) is 3.84. The molecule has 0 radical (unpaired) electrons. The number of rotatable bonds is 4. The average Bonchev–Trinajstić information content (AvgIpc) is 3.07. The highest BCUT2D eigenvalue weighted by Crippen LogP contribution is 2.26. The first-order valence-electron chi connectivity index (χ1n) is 5.94. The zero-order valence-electron chi connectivity index (χ0n) is 11.1. The number of hydrogen-bond acceptors (Lipinski definition) is 8. The zero-order valence-corrected chi connectivity index (χ0v) is 12.6. The summed E-state index contributed by atoms with van der Waals surface area (Å²) >= 11 is 6.95. The Bertz CT molecular complexity index is 833. The molecule has 10 heteroatoms. The van der Waals surface area contributed by atoms with E-state index in [-0.39, 0.29) is 16.0 Å². The molecule has 3 heterocycles. The summed E-state index contributed by atoms with van der Waals surface area (Å²) in [5, 5.41) is 12.4. The van der Waals surface area contributed by atoms with Gasteiger partial charge in [-0.3, -0.25) is 5.32 Å². The van der Waals surface area contributed by atoms with Crippen molar-refractivity contribution in [3.05, 3.63) is 34.4 Å². The Labute approximate surface area is 132 Å². The molecular weight excluding hydrogens is 330 g/mol. The number of carboxylic acids is 1. The van der Waals surface area contributed by atoms with E-state index >= 15 is 0 Å². The van der Waals surface area contributed by atoms with Crippen LogP contribution in [0.2, 0.25) is 5.15 Å². The second-order valence-corrected chi connectivity index (χ2v) is 5.52. The fourth-order valence-electron chi connectivity index (χ4n) is 1.69. The van der Waals surface area contributed by atoms with Crippen molar-refractivity contribution >= 4 is 40.0 Å². The molecule has 3 rings (SSSR count). The second-order valence-electron chi connectivity index (χ2n) is 4.13. The number of anilines is 2. The third kappa shape index (κ3) is 2.90. The fourth-order valence-corrected chi connectivity index (χ4v) is 2.67. The predicted octanol–water partition coefficient (Wildman–Crippen LogP) is 2.99. The van der Waals surface area contributed by atoms with Gasteiger partial charge < -0.3 is 9.52 Å². The number of halogens is 1. The molecule has 0 unspecified atom stereocenters. The normalized spacial score (nSPS) is 10.6. The van der Waals surface area contributed by atoms with Gasteiger partial charge in [-0.25, -0.2) is 24.7 Å². The molecule has 0 saturated heterocycles. The first-order chi connectivity index (χ1) is 10.5. The Morgan fingerprint density at radius 3 is 2.86 bits per heavy atom. The highest BCUT2D eigenvalue weighted by molar-refractivity contribution is 7.17. The van der Waals surface area contributed by atoms with Gasteiger partial charge in [0, 0.05) is 6.07 Å². The van der Waals surface area contributed by atoms with Gasteiger partial charge in [0.2, 0.25) is 5.95 Å². The number of nitrogens with zero attached hydrogens (tertiary/aromatic N) is 4. The zero-order chi connectivity index (χ0) is 15.7. The van der Waals surface area contributed by atoms with E-state index in [0.717, 1.165) is 11.3 Å². The average molecular weight is 338 g/mol. The van der Waals surface area contributed by atoms with Crippen molar-refractivity contribution in [3.63, 3.8) is 0 Å². The molecule has 0 bridgehead atoms. The SMILES string of the molecule is Cc1nc(Nc2nc(Cl)cc(-c3cnco3)n2)sc1C(=O)O. The van der Waals surface area contributed by atoms with Gasteiger partial charge in [-0.15, -0.1) is 0 Å². The van der Waals surface area contributed by atoms with Crippen LogP contribution < -0.4 is 5.32 Å². The molecule has 3 aromatic rings. The Morgan fingerprint density at radius 1 is 1.41 bits per heavy atom. The summed E-state index contributed by atoms with van der Waals surface area (Å²) < 4.78 is 5.16. The lowest BCUT2D eigenvalue weighted by atomic mass is 10.3. The Kier molecular flexibility index (Phi) is 3.73. The summed E-state index contributed by atoms with van der Waals surface area (Å²) in [5.74, 6) is -0.407. The van der Waals surface area contributed by atoms with E-state index < -0.39 is 5.97 Å². The van der Waals surface area contributed by atoms with E-state index in [1.165, 1.54) is 18.7 Å². The molecule has 3 aromatic heterocycles. The number of aromatic nitrogens is 4. The maximum atomic E-state index is 11.0. The van der Waals surface area contributed by atoms with Crippen LogP contribution in [0.1, 0.15) is 15.4 Å². The second kappa shape index (κ2) is 5.70. The van der Waals surface area contributed by atoms with Crippen molar-refractivity contribution < 1.29 is 14.3 Å². The number of nitrogens with one attached hydrogen (secondary N) is 1. The molecule has 2 N–H and O–H groups in total. The molecule has 0 aliphatic rings. The van der Waals surface area contributed by atoms with E-state index in [4.69, 9.17) is 21.1 Å². The lowest BCUT2D eigenvalue weighted by Crippen LogP contribution is -1.98. The molecular formula is C12H8ClN5O3S. The molecule has 8 nitrogen and oxygen atoms in total. The third-order valence-electron chi connectivity index (χ3n) is 2.59. The predicted molar refractivity (Wildman–Crippen MR) is 79.6 cm³/mol. The van der Waals surface area contributed by atoms with E-state index in [1.807, 2.05) is 0 Å². The van der Waals surface area contributed by atoms with Gasteiger partial charge in [-0.05, 0) is 6.92 Å². The van der Waals surface area contributed by atoms with Crippen LogP contribution in [0, 0.1) is 6.92 Å². The van der Waals surface area contributed by atoms with Crippen LogP contribution in [0.4, 0.5) is 11.1 Å². The topological polar surface area (TPSA) is 114 Å². The van der Waals surface area contributed by atoms with Gasteiger partial charge in [0.1, 0.15) is 15.7 Å². The van der Waals surface area contributed by atoms with Crippen LogP contribution in [0.3, 0.4) is 0 Å². The van der Waals surface area contributed by atoms with E-state index in [1.54, 1.807) is 6.92 Å².